The van der Waals surface area contributed by atoms with Crippen LogP contribution < -0.4 is 15.4 Å². The van der Waals surface area contributed by atoms with Gasteiger partial charge in [0.25, 0.3) is 5.91 Å². The van der Waals surface area contributed by atoms with Crippen LogP contribution in [0.15, 0.2) is 67.1 Å². The van der Waals surface area contributed by atoms with Crippen molar-refractivity contribution in [3.8, 4) is 5.75 Å². The van der Waals surface area contributed by atoms with Crippen LogP contribution in [0.25, 0.3) is 0 Å². The van der Waals surface area contributed by atoms with Crippen molar-refractivity contribution in [2.75, 3.05) is 11.9 Å². The Balaban J connectivity index is 1.69. The highest BCUT2D eigenvalue weighted by molar-refractivity contribution is 5.94. The van der Waals surface area contributed by atoms with Gasteiger partial charge >= 0.3 is 0 Å². The maximum atomic E-state index is 12.4. The van der Waals surface area contributed by atoms with Gasteiger partial charge < -0.3 is 15.4 Å². The van der Waals surface area contributed by atoms with E-state index in [1.165, 1.54) is 0 Å². The summed E-state index contributed by atoms with van der Waals surface area (Å²) < 4.78 is 5.60. The predicted octanol–water partition coefficient (Wildman–Crippen LogP) is 3.55. The Morgan fingerprint density at radius 1 is 1.08 bits per heavy atom. The van der Waals surface area contributed by atoms with Crippen molar-refractivity contribution in [3.05, 3.63) is 78.2 Å². The third-order valence-corrected chi connectivity index (χ3v) is 3.67. The minimum Gasteiger partial charge on any atom is -0.492 e. The number of pyridine rings is 2. The molecule has 0 aliphatic rings. The first-order chi connectivity index (χ1) is 12.8. The summed E-state index contributed by atoms with van der Waals surface area (Å²) in [5.41, 5.74) is 2.33. The van der Waals surface area contributed by atoms with Gasteiger partial charge in [-0.1, -0.05) is 12.1 Å². The Kier molecular flexibility index (Phi) is 5.77. The van der Waals surface area contributed by atoms with E-state index in [2.05, 4.69) is 20.6 Å². The normalized spacial score (nSPS) is 10.2. The number of carbonyl (C=O) groups is 1. The third-order valence-electron chi connectivity index (χ3n) is 3.67. The average molecular weight is 348 g/mol. The van der Waals surface area contributed by atoms with Gasteiger partial charge in [0, 0.05) is 30.7 Å². The molecule has 2 aromatic heterocycles. The van der Waals surface area contributed by atoms with Crippen LogP contribution in [-0.4, -0.2) is 22.5 Å². The third kappa shape index (κ3) is 4.57. The summed E-state index contributed by atoms with van der Waals surface area (Å²) in [7, 11) is 0. The smallest absolute Gasteiger partial charge is 0.251 e. The molecule has 6 nitrogen and oxygen atoms in total. The number of nitrogens with zero attached hydrogens (tertiary/aromatic N) is 2. The van der Waals surface area contributed by atoms with Crippen LogP contribution in [0, 0.1) is 0 Å². The van der Waals surface area contributed by atoms with Crippen LogP contribution in [0.1, 0.15) is 22.8 Å². The Morgan fingerprint density at radius 3 is 2.69 bits per heavy atom. The van der Waals surface area contributed by atoms with Crippen LogP contribution in [-0.2, 0) is 6.54 Å². The minimum absolute atomic E-state index is 0.162. The largest absolute Gasteiger partial charge is 0.492 e. The van der Waals surface area contributed by atoms with Crippen molar-refractivity contribution in [2.45, 2.75) is 13.5 Å². The fourth-order valence-electron chi connectivity index (χ4n) is 2.41. The van der Waals surface area contributed by atoms with Gasteiger partial charge in [-0.2, -0.15) is 0 Å². The first-order valence-corrected chi connectivity index (χ1v) is 8.38. The summed E-state index contributed by atoms with van der Waals surface area (Å²) in [4.78, 5) is 20.6. The molecule has 0 aliphatic heterocycles. The van der Waals surface area contributed by atoms with Crippen molar-refractivity contribution < 1.29 is 9.53 Å². The molecule has 0 saturated heterocycles. The van der Waals surface area contributed by atoms with Crippen molar-refractivity contribution >= 4 is 17.4 Å². The molecule has 0 radical (unpaired) electrons. The molecule has 2 heterocycles. The molecule has 0 unspecified atom stereocenters. The molecule has 2 N–H and O–H groups in total. The Hall–Kier alpha value is -3.41. The number of aromatic nitrogens is 2. The number of benzene rings is 1. The van der Waals surface area contributed by atoms with Crippen LogP contribution in [0.2, 0.25) is 0 Å². The van der Waals surface area contributed by atoms with E-state index in [9.17, 15) is 4.79 Å². The number of rotatable bonds is 7. The van der Waals surface area contributed by atoms with Crippen LogP contribution in [0.4, 0.5) is 11.5 Å². The van der Waals surface area contributed by atoms with Crippen LogP contribution in [0.5, 0.6) is 5.75 Å². The average Bonchev–Trinajstić information content (AvgIpc) is 2.69. The quantitative estimate of drug-likeness (QED) is 0.683. The lowest BCUT2D eigenvalue weighted by Crippen LogP contribution is -2.22. The monoisotopic (exact) mass is 348 g/mol. The van der Waals surface area contributed by atoms with Crippen molar-refractivity contribution in [3.63, 3.8) is 0 Å². The fourth-order valence-corrected chi connectivity index (χ4v) is 2.41. The van der Waals surface area contributed by atoms with E-state index in [4.69, 9.17) is 4.74 Å². The molecule has 3 aromatic rings. The molecule has 132 valence electrons. The van der Waals surface area contributed by atoms with E-state index in [0.717, 1.165) is 17.0 Å². The maximum absolute atomic E-state index is 12.4. The first-order valence-electron chi connectivity index (χ1n) is 8.38. The van der Waals surface area contributed by atoms with Crippen molar-refractivity contribution in [1.29, 1.82) is 0 Å². The van der Waals surface area contributed by atoms with Crippen LogP contribution in [0.3, 0.4) is 0 Å². The number of para-hydroxylation sites is 2. The lowest BCUT2D eigenvalue weighted by atomic mass is 10.2. The second-order valence-electron chi connectivity index (χ2n) is 5.52. The molecule has 0 atom stereocenters. The number of nitrogens with one attached hydrogen (secondary N) is 2. The molecular formula is C20H20N4O2. The SMILES string of the molecule is CCOc1ccccc1Nc1cc(C(=O)NCc2ccncc2)ccn1. The Bertz CT molecular complexity index is 868. The van der Waals surface area contributed by atoms with Gasteiger partial charge in [-0.15, -0.1) is 0 Å². The zero-order valence-corrected chi connectivity index (χ0v) is 14.5. The lowest BCUT2D eigenvalue weighted by Gasteiger charge is -2.12. The second-order valence-corrected chi connectivity index (χ2v) is 5.52. The maximum Gasteiger partial charge on any atom is 0.251 e. The van der Waals surface area contributed by atoms with E-state index in [-0.39, 0.29) is 5.91 Å². The number of anilines is 2. The number of ether oxygens (including phenoxy) is 1. The second kappa shape index (κ2) is 8.62. The predicted molar refractivity (Wildman–Crippen MR) is 101 cm³/mol. The molecular weight excluding hydrogens is 328 g/mol. The number of hydrogen-bond donors (Lipinski definition) is 2. The van der Waals surface area contributed by atoms with Crippen molar-refractivity contribution in [2.24, 2.45) is 0 Å². The zero-order valence-electron chi connectivity index (χ0n) is 14.5. The molecule has 6 heteroatoms. The van der Waals surface area contributed by atoms with Gasteiger partial charge in [0.05, 0.1) is 12.3 Å². The molecule has 1 amide bonds. The molecule has 0 bridgehead atoms. The molecule has 1 aromatic carbocycles. The van der Waals surface area contributed by atoms with Gasteiger partial charge in [-0.05, 0) is 48.9 Å². The molecule has 0 spiro atoms. The number of carbonyl (C=O) groups excluding carboxylic acids is 1. The van der Waals surface area contributed by atoms with E-state index in [0.29, 0.717) is 24.5 Å². The summed E-state index contributed by atoms with van der Waals surface area (Å²) >= 11 is 0. The summed E-state index contributed by atoms with van der Waals surface area (Å²) in [6.07, 6.45) is 5.00. The Labute approximate surface area is 152 Å². The topological polar surface area (TPSA) is 76.1 Å². The summed E-state index contributed by atoms with van der Waals surface area (Å²) in [5, 5.41) is 6.09. The highest BCUT2D eigenvalue weighted by Crippen LogP contribution is 2.26. The summed E-state index contributed by atoms with van der Waals surface area (Å²) in [6, 6.07) is 14.7. The van der Waals surface area contributed by atoms with Gasteiger partial charge in [0.15, 0.2) is 0 Å². The molecule has 0 saturated carbocycles. The van der Waals surface area contributed by atoms with E-state index >= 15 is 0 Å². The van der Waals surface area contributed by atoms with Crippen molar-refractivity contribution in [1.82, 2.24) is 15.3 Å². The van der Waals surface area contributed by atoms with Gasteiger partial charge in [0.2, 0.25) is 0 Å². The summed E-state index contributed by atoms with van der Waals surface area (Å²) in [5.74, 6) is 1.16. The number of amides is 1. The van der Waals surface area contributed by atoms with Gasteiger partial charge in [-0.3, -0.25) is 9.78 Å². The lowest BCUT2D eigenvalue weighted by molar-refractivity contribution is 0.0951. The summed E-state index contributed by atoms with van der Waals surface area (Å²) in [6.45, 7) is 2.95. The number of hydrogen-bond acceptors (Lipinski definition) is 5. The van der Waals surface area contributed by atoms with E-state index < -0.39 is 0 Å². The standard InChI is InChI=1S/C20H20N4O2/c1-2-26-18-6-4-3-5-17(18)24-19-13-16(9-12-22-19)20(25)23-14-15-7-10-21-11-8-15/h3-13H,2,14H2,1H3,(H,22,24)(H,23,25). The van der Waals surface area contributed by atoms with Gasteiger partial charge in [0.1, 0.15) is 11.6 Å². The van der Waals surface area contributed by atoms with E-state index in [1.54, 1.807) is 30.7 Å². The molecule has 3 rings (SSSR count). The van der Waals surface area contributed by atoms with Gasteiger partial charge in [-0.25, -0.2) is 4.98 Å². The molecule has 0 fully saturated rings. The Morgan fingerprint density at radius 2 is 1.88 bits per heavy atom. The minimum atomic E-state index is -0.162. The van der Waals surface area contributed by atoms with Crippen LogP contribution >= 0.6 is 0 Å². The zero-order chi connectivity index (χ0) is 18.2. The fraction of sp³-hybridized carbons (Fsp3) is 0.150. The highest BCUT2D eigenvalue weighted by atomic mass is 16.5. The highest BCUT2D eigenvalue weighted by Gasteiger charge is 2.09. The first kappa shape index (κ1) is 17.4. The van der Waals surface area contributed by atoms with E-state index in [1.807, 2.05) is 43.3 Å². The molecule has 0 aliphatic carbocycles. The molecule has 26 heavy (non-hydrogen) atoms.